The Bertz CT molecular complexity index is 283. The molecule has 5 heteroatoms. The molecule has 0 aliphatic rings. The fourth-order valence-corrected chi connectivity index (χ4v) is 1.00. The number of H-pyrrole nitrogens is 1. The lowest BCUT2D eigenvalue weighted by Crippen LogP contribution is -2.11. The molecule has 1 N–H and O–H groups in total. The van der Waals surface area contributed by atoms with Crippen LogP contribution in [0.1, 0.15) is 0 Å². The number of methoxy groups -OCH3 is 1. The highest BCUT2D eigenvalue weighted by molar-refractivity contribution is 14.1. The molecule has 0 aliphatic heterocycles. The van der Waals surface area contributed by atoms with Crippen molar-refractivity contribution in [2.75, 3.05) is 7.11 Å². The van der Waals surface area contributed by atoms with Gasteiger partial charge in [0.15, 0.2) is 0 Å². The van der Waals surface area contributed by atoms with Gasteiger partial charge in [-0.3, -0.25) is 0 Å². The molecule has 0 unspecified atom stereocenters. The summed E-state index contributed by atoms with van der Waals surface area (Å²) in [4.78, 5) is 16.5. The van der Waals surface area contributed by atoms with Gasteiger partial charge in [0.1, 0.15) is 0 Å². The van der Waals surface area contributed by atoms with Crippen LogP contribution in [0.2, 0.25) is 0 Å². The Kier molecular flexibility index (Phi) is 2.25. The van der Waals surface area contributed by atoms with E-state index in [1.54, 1.807) is 6.20 Å². The lowest BCUT2D eigenvalue weighted by atomic mass is 10.6. The minimum atomic E-state index is -0.391. The van der Waals surface area contributed by atoms with Crippen LogP contribution in [0, 0.1) is 3.57 Å². The molecular weight excluding hydrogens is 247 g/mol. The molecule has 1 heterocycles. The number of rotatable bonds is 1. The van der Waals surface area contributed by atoms with Crippen molar-refractivity contribution in [3.63, 3.8) is 0 Å². The number of nitrogens with zero attached hydrogens (tertiary/aromatic N) is 1. The normalized spacial score (nSPS) is 9.40. The maximum absolute atomic E-state index is 10.6. The maximum Gasteiger partial charge on any atom is 0.348 e. The zero-order valence-electron chi connectivity index (χ0n) is 5.22. The van der Waals surface area contributed by atoms with Gasteiger partial charge in [-0.1, -0.05) is 0 Å². The third kappa shape index (κ3) is 1.47. The van der Waals surface area contributed by atoms with Gasteiger partial charge in [-0.15, -0.1) is 0 Å². The molecule has 1 aromatic rings. The van der Waals surface area contributed by atoms with Gasteiger partial charge in [-0.2, -0.15) is 4.98 Å². The topological polar surface area (TPSA) is 55.0 Å². The van der Waals surface area contributed by atoms with Crippen molar-refractivity contribution >= 4 is 22.6 Å². The Morgan fingerprint density at radius 3 is 3.00 bits per heavy atom. The molecule has 0 amide bonds. The molecule has 54 valence electrons. The van der Waals surface area contributed by atoms with Crippen molar-refractivity contribution < 1.29 is 4.74 Å². The zero-order valence-corrected chi connectivity index (χ0v) is 7.38. The summed E-state index contributed by atoms with van der Waals surface area (Å²) in [5.41, 5.74) is -0.391. The number of ether oxygens (including phenoxy) is 1. The molecule has 10 heavy (non-hydrogen) atoms. The highest BCUT2D eigenvalue weighted by atomic mass is 127. The SMILES string of the molecule is COc1nc(=O)[nH]cc1I. The standard InChI is InChI=1S/C5H5IN2O2/c1-10-4-3(6)2-7-5(9)8-4/h2H,1H3,(H,7,8,9). The van der Waals surface area contributed by atoms with Crippen molar-refractivity contribution in [3.8, 4) is 5.88 Å². The highest BCUT2D eigenvalue weighted by Crippen LogP contribution is 2.12. The largest absolute Gasteiger partial charge is 0.480 e. The van der Waals surface area contributed by atoms with Crippen LogP contribution >= 0.6 is 22.6 Å². The van der Waals surface area contributed by atoms with Gasteiger partial charge in [0.05, 0.1) is 10.7 Å². The first-order chi connectivity index (χ1) is 4.74. The molecule has 0 saturated heterocycles. The predicted molar refractivity (Wildman–Crippen MR) is 44.1 cm³/mol. The first-order valence-corrected chi connectivity index (χ1v) is 3.61. The predicted octanol–water partition coefficient (Wildman–Crippen LogP) is 0.383. The molecule has 0 radical (unpaired) electrons. The minimum Gasteiger partial charge on any atom is -0.480 e. The molecule has 0 saturated carbocycles. The lowest BCUT2D eigenvalue weighted by molar-refractivity contribution is 0.392. The molecular formula is C5H5IN2O2. The second kappa shape index (κ2) is 3.00. The molecule has 0 aromatic carbocycles. The van der Waals surface area contributed by atoms with Crippen molar-refractivity contribution in [3.05, 3.63) is 20.3 Å². The highest BCUT2D eigenvalue weighted by Gasteiger charge is 1.99. The van der Waals surface area contributed by atoms with Gasteiger partial charge in [0, 0.05) is 6.20 Å². The number of halogens is 1. The summed E-state index contributed by atoms with van der Waals surface area (Å²) < 4.78 is 5.58. The van der Waals surface area contributed by atoms with Gasteiger partial charge < -0.3 is 9.72 Å². The van der Waals surface area contributed by atoms with E-state index in [4.69, 9.17) is 4.74 Å². The van der Waals surface area contributed by atoms with Crippen molar-refractivity contribution in [2.45, 2.75) is 0 Å². The van der Waals surface area contributed by atoms with Crippen LogP contribution in [0.4, 0.5) is 0 Å². The summed E-state index contributed by atoms with van der Waals surface area (Å²) in [5.74, 6) is 0.365. The summed E-state index contributed by atoms with van der Waals surface area (Å²) >= 11 is 2.02. The molecule has 0 aliphatic carbocycles. The summed E-state index contributed by atoms with van der Waals surface area (Å²) in [6.07, 6.45) is 1.55. The number of hydrogen-bond donors (Lipinski definition) is 1. The Hall–Kier alpha value is -0.590. The lowest BCUT2D eigenvalue weighted by Gasteiger charge is -1.97. The summed E-state index contributed by atoms with van der Waals surface area (Å²) in [6.45, 7) is 0. The molecule has 0 fully saturated rings. The minimum absolute atomic E-state index is 0.365. The van der Waals surface area contributed by atoms with Crippen LogP contribution in [0.15, 0.2) is 11.0 Å². The summed E-state index contributed by atoms with van der Waals surface area (Å²) in [7, 11) is 1.48. The fraction of sp³-hybridized carbons (Fsp3) is 0.200. The Balaban J connectivity index is 3.22. The zero-order chi connectivity index (χ0) is 7.56. The smallest absolute Gasteiger partial charge is 0.348 e. The molecule has 0 bridgehead atoms. The quantitative estimate of drug-likeness (QED) is 0.735. The van der Waals surface area contributed by atoms with E-state index in [2.05, 4.69) is 9.97 Å². The van der Waals surface area contributed by atoms with Gasteiger partial charge >= 0.3 is 5.69 Å². The second-order valence-electron chi connectivity index (χ2n) is 1.56. The Morgan fingerprint density at radius 1 is 1.80 bits per heavy atom. The van der Waals surface area contributed by atoms with E-state index in [9.17, 15) is 4.79 Å². The first kappa shape index (κ1) is 7.52. The third-order valence-corrected chi connectivity index (χ3v) is 1.70. The van der Waals surface area contributed by atoms with Crippen molar-refractivity contribution in [1.82, 2.24) is 9.97 Å². The van der Waals surface area contributed by atoms with Gasteiger partial charge in [-0.05, 0) is 22.6 Å². The van der Waals surface area contributed by atoms with Crippen LogP contribution in [-0.2, 0) is 0 Å². The van der Waals surface area contributed by atoms with Crippen LogP contribution in [0.3, 0.4) is 0 Å². The van der Waals surface area contributed by atoms with E-state index >= 15 is 0 Å². The molecule has 0 atom stereocenters. The number of aromatic amines is 1. The van der Waals surface area contributed by atoms with E-state index in [0.29, 0.717) is 5.88 Å². The van der Waals surface area contributed by atoms with E-state index in [1.807, 2.05) is 22.6 Å². The molecule has 1 aromatic heterocycles. The van der Waals surface area contributed by atoms with Crippen molar-refractivity contribution in [2.24, 2.45) is 0 Å². The number of aromatic nitrogens is 2. The molecule has 1 rings (SSSR count). The molecule has 4 nitrogen and oxygen atoms in total. The fourth-order valence-electron chi connectivity index (χ4n) is 0.508. The average Bonchev–Trinajstić information content (AvgIpc) is 1.94. The van der Waals surface area contributed by atoms with Crippen LogP contribution < -0.4 is 10.4 Å². The van der Waals surface area contributed by atoms with Crippen LogP contribution in [0.5, 0.6) is 5.88 Å². The summed E-state index contributed by atoms with van der Waals surface area (Å²) in [5, 5.41) is 0. The molecule has 0 spiro atoms. The average molecular weight is 252 g/mol. The second-order valence-corrected chi connectivity index (χ2v) is 2.73. The monoisotopic (exact) mass is 252 g/mol. The van der Waals surface area contributed by atoms with E-state index in [-0.39, 0.29) is 0 Å². The summed E-state index contributed by atoms with van der Waals surface area (Å²) in [6, 6.07) is 0. The van der Waals surface area contributed by atoms with Crippen LogP contribution in [-0.4, -0.2) is 17.1 Å². The number of nitrogens with one attached hydrogen (secondary N) is 1. The van der Waals surface area contributed by atoms with E-state index in [0.717, 1.165) is 3.57 Å². The van der Waals surface area contributed by atoms with E-state index in [1.165, 1.54) is 7.11 Å². The Labute approximate surface area is 70.8 Å². The third-order valence-electron chi connectivity index (χ3n) is 0.923. The van der Waals surface area contributed by atoms with Gasteiger partial charge in [0.2, 0.25) is 5.88 Å². The van der Waals surface area contributed by atoms with E-state index < -0.39 is 5.69 Å². The van der Waals surface area contributed by atoms with Crippen molar-refractivity contribution in [1.29, 1.82) is 0 Å². The van der Waals surface area contributed by atoms with Crippen LogP contribution in [0.25, 0.3) is 0 Å². The Morgan fingerprint density at radius 2 is 2.50 bits per heavy atom. The first-order valence-electron chi connectivity index (χ1n) is 2.53. The maximum atomic E-state index is 10.6. The number of hydrogen-bond acceptors (Lipinski definition) is 3. The van der Waals surface area contributed by atoms with Gasteiger partial charge in [-0.25, -0.2) is 4.79 Å². The van der Waals surface area contributed by atoms with Gasteiger partial charge in [0.25, 0.3) is 0 Å².